The smallest absolute Gasteiger partial charge is 0.326 e. The lowest BCUT2D eigenvalue weighted by molar-refractivity contribution is -0.141. The standard InChI is InChI=1S/C14H26N2O4/c1-2-3-4-5-6-7-8-15-14(20)16-10-11(17)9-12(16)13(18)19/h11-12,17H,2-10H2,1H3,(H,15,20)(H,18,19). The number of carboxylic acid groups (broad SMARTS) is 1. The Balaban J connectivity index is 2.20. The Morgan fingerprint density at radius 2 is 1.85 bits per heavy atom. The van der Waals surface area contributed by atoms with E-state index in [4.69, 9.17) is 5.11 Å². The van der Waals surface area contributed by atoms with E-state index in [-0.39, 0.29) is 19.0 Å². The molecular weight excluding hydrogens is 260 g/mol. The summed E-state index contributed by atoms with van der Waals surface area (Å²) in [5, 5.41) is 21.2. The predicted molar refractivity (Wildman–Crippen MR) is 75.5 cm³/mol. The predicted octanol–water partition coefficient (Wildman–Crippen LogP) is 1.58. The molecule has 0 aromatic heterocycles. The zero-order valence-electron chi connectivity index (χ0n) is 12.2. The number of hydrogen-bond acceptors (Lipinski definition) is 3. The summed E-state index contributed by atoms with van der Waals surface area (Å²) < 4.78 is 0. The van der Waals surface area contributed by atoms with E-state index in [9.17, 15) is 14.7 Å². The lowest BCUT2D eigenvalue weighted by atomic mass is 10.1. The monoisotopic (exact) mass is 286 g/mol. The van der Waals surface area contributed by atoms with Crippen LogP contribution in [0.3, 0.4) is 0 Å². The Kier molecular flexibility index (Phi) is 7.36. The van der Waals surface area contributed by atoms with E-state index in [1.54, 1.807) is 0 Å². The molecule has 2 unspecified atom stereocenters. The van der Waals surface area contributed by atoms with Gasteiger partial charge in [-0.1, -0.05) is 39.0 Å². The Labute approximate surface area is 120 Å². The SMILES string of the molecule is CCCCCCCCNC(=O)N1CC(O)CC1C(=O)O. The maximum absolute atomic E-state index is 11.9. The number of aliphatic hydroxyl groups excluding tert-OH is 1. The van der Waals surface area contributed by atoms with Crippen molar-refractivity contribution in [2.75, 3.05) is 13.1 Å². The van der Waals surface area contributed by atoms with E-state index in [0.29, 0.717) is 6.54 Å². The van der Waals surface area contributed by atoms with Gasteiger partial charge in [0.1, 0.15) is 6.04 Å². The normalized spacial score (nSPS) is 22.0. The number of carboxylic acids is 1. The molecule has 0 aromatic carbocycles. The second kappa shape index (κ2) is 8.79. The van der Waals surface area contributed by atoms with Crippen molar-refractivity contribution in [2.45, 2.75) is 64.0 Å². The van der Waals surface area contributed by atoms with Gasteiger partial charge in [-0.05, 0) is 6.42 Å². The molecule has 3 N–H and O–H groups in total. The second-order valence-corrected chi connectivity index (χ2v) is 5.40. The highest BCUT2D eigenvalue weighted by Gasteiger charge is 2.38. The van der Waals surface area contributed by atoms with Gasteiger partial charge in [0.2, 0.25) is 0 Å². The minimum atomic E-state index is -1.06. The molecule has 0 spiro atoms. The number of hydrogen-bond donors (Lipinski definition) is 3. The van der Waals surface area contributed by atoms with Crippen LogP contribution in [-0.4, -0.2) is 52.3 Å². The molecular formula is C14H26N2O4. The van der Waals surface area contributed by atoms with E-state index in [1.807, 2.05) is 0 Å². The molecule has 0 saturated carbocycles. The highest BCUT2D eigenvalue weighted by atomic mass is 16.4. The molecule has 2 amide bonds. The highest BCUT2D eigenvalue weighted by molar-refractivity contribution is 5.83. The summed E-state index contributed by atoms with van der Waals surface area (Å²) in [6, 6.07) is -1.29. The lowest BCUT2D eigenvalue weighted by Gasteiger charge is -2.21. The van der Waals surface area contributed by atoms with Crippen LogP contribution in [0.2, 0.25) is 0 Å². The van der Waals surface area contributed by atoms with E-state index in [1.165, 1.54) is 30.6 Å². The molecule has 1 aliphatic rings. The first-order valence-electron chi connectivity index (χ1n) is 7.51. The van der Waals surface area contributed by atoms with Crippen molar-refractivity contribution in [2.24, 2.45) is 0 Å². The quantitative estimate of drug-likeness (QED) is 0.591. The molecule has 116 valence electrons. The third-order valence-electron chi connectivity index (χ3n) is 3.63. The van der Waals surface area contributed by atoms with Gasteiger partial charge in [0, 0.05) is 19.5 Å². The van der Waals surface area contributed by atoms with Crippen molar-refractivity contribution in [1.82, 2.24) is 10.2 Å². The number of nitrogens with one attached hydrogen (secondary N) is 1. The molecule has 6 heteroatoms. The number of nitrogens with zero attached hydrogens (tertiary/aromatic N) is 1. The van der Waals surface area contributed by atoms with Crippen LogP contribution in [0, 0.1) is 0 Å². The first-order chi connectivity index (χ1) is 9.56. The van der Waals surface area contributed by atoms with Crippen LogP contribution in [0.1, 0.15) is 51.9 Å². The van der Waals surface area contributed by atoms with Gasteiger partial charge in [-0.3, -0.25) is 0 Å². The number of aliphatic carboxylic acids is 1. The summed E-state index contributed by atoms with van der Waals surface area (Å²) in [6.45, 7) is 2.83. The van der Waals surface area contributed by atoms with Crippen LogP contribution >= 0.6 is 0 Å². The minimum Gasteiger partial charge on any atom is -0.480 e. The van der Waals surface area contributed by atoms with Gasteiger partial charge in [-0.25, -0.2) is 9.59 Å². The lowest BCUT2D eigenvalue weighted by Crippen LogP contribution is -2.46. The van der Waals surface area contributed by atoms with Gasteiger partial charge in [0.05, 0.1) is 6.10 Å². The number of rotatable bonds is 8. The van der Waals surface area contributed by atoms with E-state index in [2.05, 4.69) is 12.2 Å². The van der Waals surface area contributed by atoms with Crippen molar-refractivity contribution in [3.8, 4) is 0 Å². The molecule has 1 rings (SSSR count). The first kappa shape index (κ1) is 16.8. The zero-order valence-corrected chi connectivity index (χ0v) is 12.2. The number of urea groups is 1. The Morgan fingerprint density at radius 1 is 1.20 bits per heavy atom. The molecule has 2 atom stereocenters. The van der Waals surface area contributed by atoms with Crippen LogP contribution < -0.4 is 5.32 Å². The van der Waals surface area contributed by atoms with E-state index in [0.717, 1.165) is 12.8 Å². The molecule has 0 bridgehead atoms. The van der Waals surface area contributed by atoms with Crippen LogP contribution in [0.25, 0.3) is 0 Å². The third-order valence-corrected chi connectivity index (χ3v) is 3.63. The molecule has 0 aromatic rings. The van der Waals surface area contributed by atoms with Crippen molar-refractivity contribution < 1.29 is 19.8 Å². The van der Waals surface area contributed by atoms with E-state index >= 15 is 0 Å². The topological polar surface area (TPSA) is 89.9 Å². The minimum absolute atomic E-state index is 0.0965. The molecule has 6 nitrogen and oxygen atoms in total. The molecule has 1 aliphatic heterocycles. The Hall–Kier alpha value is -1.30. The van der Waals surface area contributed by atoms with Gasteiger partial charge < -0.3 is 20.4 Å². The van der Waals surface area contributed by atoms with Gasteiger partial charge in [0.25, 0.3) is 0 Å². The van der Waals surface area contributed by atoms with Gasteiger partial charge >= 0.3 is 12.0 Å². The molecule has 0 radical (unpaired) electrons. The number of carbonyl (C=O) groups is 2. The largest absolute Gasteiger partial charge is 0.480 e. The summed E-state index contributed by atoms with van der Waals surface area (Å²) in [5.41, 5.74) is 0. The molecule has 20 heavy (non-hydrogen) atoms. The zero-order chi connectivity index (χ0) is 15.0. The van der Waals surface area contributed by atoms with Crippen LogP contribution in [0.15, 0.2) is 0 Å². The average molecular weight is 286 g/mol. The second-order valence-electron chi connectivity index (χ2n) is 5.40. The molecule has 1 heterocycles. The van der Waals surface area contributed by atoms with Crippen molar-refractivity contribution >= 4 is 12.0 Å². The van der Waals surface area contributed by atoms with Gasteiger partial charge in [-0.15, -0.1) is 0 Å². The molecule has 1 saturated heterocycles. The number of amides is 2. The molecule has 1 fully saturated rings. The molecule has 0 aliphatic carbocycles. The van der Waals surface area contributed by atoms with Crippen molar-refractivity contribution in [1.29, 1.82) is 0 Å². The number of likely N-dealkylation sites (tertiary alicyclic amines) is 1. The third kappa shape index (κ3) is 5.36. The summed E-state index contributed by atoms with van der Waals surface area (Å²) in [6.07, 6.45) is 6.21. The summed E-state index contributed by atoms with van der Waals surface area (Å²) >= 11 is 0. The summed E-state index contributed by atoms with van der Waals surface area (Å²) in [4.78, 5) is 24.1. The number of unbranched alkanes of at least 4 members (excludes halogenated alkanes) is 5. The van der Waals surface area contributed by atoms with Crippen LogP contribution in [0.4, 0.5) is 4.79 Å². The number of aliphatic hydroxyl groups is 1. The van der Waals surface area contributed by atoms with Gasteiger partial charge in [-0.2, -0.15) is 0 Å². The first-order valence-corrected chi connectivity index (χ1v) is 7.51. The summed E-state index contributed by atoms with van der Waals surface area (Å²) in [5.74, 6) is -1.06. The van der Waals surface area contributed by atoms with Crippen molar-refractivity contribution in [3.63, 3.8) is 0 Å². The summed E-state index contributed by atoms with van der Waals surface area (Å²) in [7, 11) is 0. The maximum atomic E-state index is 11.9. The fourth-order valence-corrected chi connectivity index (χ4v) is 2.47. The Bertz CT molecular complexity index is 322. The average Bonchev–Trinajstić information content (AvgIpc) is 2.80. The van der Waals surface area contributed by atoms with Gasteiger partial charge in [0.15, 0.2) is 0 Å². The maximum Gasteiger partial charge on any atom is 0.326 e. The Morgan fingerprint density at radius 3 is 2.50 bits per heavy atom. The van der Waals surface area contributed by atoms with Crippen LogP contribution in [-0.2, 0) is 4.79 Å². The van der Waals surface area contributed by atoms with Crippen molar-refractivity contribution in [3.05, 3.63) is 0 Å². The van der Waals surface area contributed by atoms with Crippen LogP contribution in [0.5, 0.6) is 0 Å². The number of carbonyl (C=O) groups excluding carboxylic acids is 1. The fraction of sp³-hybridized carbons (Fsp3) is 0.857. The van der Waals surface area contributed by atoms with E-state index < -0.39 is 18.1 Å². The number of β-amino-alcohol motifs (C(OH)–C–C–N with tert-alkyl or cyclic N) is 1. The fourth-order valence-electron chi connectivity index (χ4n) is 2.47. The highest BCUT2D eigenvalue weighted by Crippen LogP contribution is 2.18.